The van der Waals surface area contributed by atoms with Gasteiger partial charge in [-0.2, -0.15) is 0 Å². The van der Waals surface area contributed by atoms with E-state index >= 15 is 0 Å². The summed E-state index contributed by atoms with van der Waals surface area (Å²) in [5.41, 5.74) is 6.69. The van der Waals surface area contributed by atoms with Gasteiger partial charge in [-0.3, -0.25) is 0 Å². The first-order valence-electron chi connectivity index (χ1n) is 4.94. The molecule has 1 heterocycles. The third-order valence-electron chi connectivity index (χ3n) is 2.22. The summed E-state index contributed by atoms with van der Waals surface area (Å²) in [6, 6.07) is 8.24. The normalized spacial score (nSPS) is 10.5. The van der Waals surface area contributed by atoms with E-state index in [1.54, 1.807) is 30.5 Å². The molecule has 1 aromatic heterocycles. The van der Waals surface area contributed by atoms with Crippen molar-refractivity contribution < 1.29 is 4.39 Å². The molecule has 0 aliphatic heterocycles. The minimum atomic E-state index is -0.286. The van der Waals surface area contributed by atoms with Gasteiger partial charge in [0.05, 0.1) is 10.0 Å². The van der Waals surface area contributed by atoms with Crippen LogP contribution in [-0.4, -0.2) is 4.98 Å². The van der Waals surface area contributed by atoms with E-state index in [0.29, 0.717) is 22.0 Å². The molecule has 0 amide bonds. The highest BCUT2D eigenvalue weighted by Crippen LogP contribution is 2.26. The Morgan fingerprint density at radius 3 is 2.76 bits per heavy atom. The second-order valence-electron chi connectivity index (χ2n) is 3.41. The van der Waals surface area contributed by atoms with E-state index in [-0.39, 0.29) is 5.82 Å². The number of hydrogen-bond acceptors (Lipinski definition) is 3. The van der Waals surface area contributed by atoms with Gasteiger partial charge in [0, 0.05) is 23.2 Å². The zero-order chi connectivity index (χ0) is 12.3. The van der Waals surface area contributed by atoms with Crippen molar-refractivity contribution in [3.05, 3.63) is 52.9 Å². The standard InChI is InChI=1S/C12H10ClFN2S/c13-8-4-5-12(16-6-8)17-7-9-10(14)2-1-3-11(9)15/h1-6H,7,15H2. The van der Waals surface area contributed by atoms with Crippen LogP contribution in [-0.2, 0) is 5.75 Å². The summed E-state index contributed by atoms with van der Waals surface area (Å²) in [6.07, 6.45) is 1.56. The Kier molecular flexibility index (Phi) is 3.86. The number of nitrogen functional groups attached to an aromatic ring is 1. The predicted octanol–water partition coefficient (Wildman–Crippen LogP) is 3.75. The quantitative estimate of drug-likeness (QED) is 0.681. The Morgan fingerprint density at radius 1 is 1.29 bits per heavy atom. The van der Waals surface area contributed by atoms with E-state index in [1.807, 2.05) is 0 Å². The van der Waals surface area contributed by atoms with Crippen molar-refractivity contribution in [1.29, 1.82) is 0 Å². The number of anilines is 1. The highest BCUT2D eigenvalue weighted by atomic mass is 35.5. The lowest BCUT2D eigenvalue weighted by molar-refractivity contribution is 0.618. The number of rotatable bonds is 3. The Labute approximate surface area is 108 Å². The molecule has 5 heteroatoms. The van der Waals surface area contributed by atoms with E-state index in [1.165, 1.54) is 17.8 Å². The second kappa shape index (κ2) is 5.38. The molecule has 2 nitrogen and oxygen atoms in total. The Balaban J connectivity index is 2.10. The van der Waals surface area contributed by atoms with E-state index in [2.05, 4.69) is 4.98 Å². The minimum absolute atomic E-state index is 0.286. The second-order valence-corrected chi connectivity index (χ2v) is 4.84. The average Bonchev–Trinajstić information content (AvgIpc) is 2.31. The van der Waals surface area contributed by atoms with Crippen LogP contribution in [0.2, 0.25) is 5.02 Å². The highest BCUT2D eigenvalue weighted by molar-refractivity contribution is 7.98. The van der Waals surface area contributed by atoms with Gasteiger partial charge in [0.2, 0.25) is 0 Å². The van der Waals surface area contributed by atoms with Crippen molar-refractivity contribution in [3.63, 3.8) is 0 Å². The number of aromatic nitrogens is 1. The van der Waals surface area contributed by atoms with Crippen LogP contribution >= 0.6 is 23.4 Å². The molecule has 0 spiro atoms. The van der Waals surface area contributed by atoms with Crippen molar-refractivity contribution in [2.75, 3.05) is 5.73 Å². The third-order valence-corrected chi connectivity index (χ3v) is 3.41. The van der Waals surface area contributed by atoms with Gasteiger partial charge in [-0.1, -0.05) is 17.7 Å². The Morgan fingerprint density at radius 2 is 2.12 bits per heavy atom. The number of halogens is 2. The van der Waals surface area contributed by atoms with Crippen LogP contribution in [0.15, 0.2) is 41.6 Å². The molecule has 0 unspecified atom stereocenters. The van der Waals surface area contributed by atoms with Gasteiger partial charge in [-0.15, -0.1) is 11.8 Å². The summed E-state index contributed by atoms with van der Waals surface area (Å²) in [6.45, 7) is 0. The minimum Gasteiger partial charge on any atom is -0.398 e. The first-order valence-corrected chi connectivity index (χ1v) is 6.30. The van der Waals surface area contributed by atoms with Crippen molar-refractivity contribution in [1.82, 2.24) is 4.98 Å². The summed E-state index contributed by atoms with van der Waals surface area (Å²) in [4.78, 5) is 4.12. The fourth-order valence-corrected chi connectivity index (χ4v) is 2.32. The van der Waals surface area contributed by atoms with Gasteiger partial charge in [0.25, 0.3) is 0 Å². The molecule has 88 valence electrons. The van der Waals surface area contributed by atoms with Crippen LogP contribution < -0.4 is 5.73 Å². The van der Waals surface area contributed by atoms with Crippen molar-refractivity contribution in [2.45, 2.75) is 10.8 Å². The van der Waals surface area contributed by atoms with Gasteiger partial charge >= 0.3 is 0 Å². The summed E-state index contributed by atoms with van der Waals surface area (Å²) in [7, 11) is 0. The number of benzene rings is 1. The molecule has 0 saturated heterocycles. The van der Waals surface area contributed by atoms with Gasteiger partial charge < -0.3 is 5.73 Å². The van der Waals surface area contributed by atoms with Crippen LogP contribution in [0, 0.1) is 5.82 Å². The van der Waals surface area contributed by atoms with Gasteiger partial charge in [0.1, 0.15) is 5.82 Å². The molecule has 0 aliphatic carbocycles. The maximum atomic E-state index is 13.5. The van der Waals surface area contributed by atoms with Crippen molar-refractivity contribution in [3.8, 4) is 0 Å². The van der Waals surface area contributed by atoms with Crippen molar-refractivity contribution >= 4 is 29.1 Å². The third kappa shape index (κ3) is 3.11. The molecule has 0 radical (unpaired) electrons. The molecule has 2 aromatic rings. The molecular formula is C12H10ClFN2S. The summed E-state index contributed by atoms with van der Waals surface area (Å²) >= 11 is 7.15. The van der Waals surface area contributed by atoms with Crippen LogP contribution in [0.5, 0.6) is 0 Å². The largest absolute Gasteiger partial charge is 0.398 e. The van der Waals surface area contributed by atoms with E-state index in [0.717, 1.165) is 5.03 Å². The molecule has 0 atom stereocenters. The molecule has 0 saturated carbocycles. The molecule has 1 aromatic carbocycles. The van der Waals surface area contributed by atoms with Gasteiger partial charge in [-0.25, -0.2) is 9.37 Å². The summed E-state index contributed by atoms with van der Waals surface area (Å²) in [5, 5.41) is 1.37. The topological polar surface area (TPSA) is 38.9 Å². The van der Waals surface area contributed by atoms with Crippen LogP contribution in [0.3, 0.4) is 0 Å². The zero-order valence-electron chi connectivity index (χ0n) is 8.86. The summed E-state index contributed by atoms with van der Waals surface area (Å²) < 4.78 is 13.5. The first kappa shape index (κ1) is 12.2. The number of pyridine rings is 1. The molecule has 0 bridgehead atoms. The number of thioether (sulfide) groups is 1. The Hall–Kier alpha value is -1.26. The van der Waals surface area contributed by atoms with Crippen LogP contribution in [0.1, 0.15) is 5.56 Å². The van der Waals surface area contributed by atoms with Crippen LogP contribution in [0.25, 0.3) is 0 Å². The lowest BCUT2D eigenvalue weighted by Gasteiger charge is -2.06. The lowest BCUT2D eigenvalue weighted by atomic mass is 10.2. The number of nitrogens with zero attached hydrogens (tertiary/aromatic N) is 1. The maximum Gasteiger partial charge on any atom is 0.129 e. The van der Waals surface area contributed by atoms with E-state index < -0.39 is 0 Å². The SMILES string of the molecule is Nc1cccc(F)c1CSc1ccc(Cl)cn1. The van der Waals surface area contributed by atoms with E-state index in [9.17, 15) is 4.39 Å². The maximum absolute atomic E-state index is 13.5. The molecule has 2 rings (SSSR count). The zero-order valence-corrected chi connectivity index (χ0v) is 10.4. The van der Waals surface area contributed by atoms with Crippen molar-refractivity contribution in [2.24, 2.45) is 0 Å². The molecule has 2 N–H and O–H groups in total. The first-order chi connectivity index (χ1) is 8.16. The number of nitrogens with two attached hydrogens (primary N) is 1. The molecule has 17 heavy (non-hydrogen) atoms. The fourth-order valence-electron chi connectivity index (χ4n) is 1.32. The Bertz CT molecular complexity index is 496. The molecule has 0 fully saturated rings. The highest BCUT2D eigenvalue weighted by Gasteiger charge is 2.06. The smallest absolute Gasteiger partial charge is 0.129 e. The number of hydrogen-bond donors (Lipinski definition) is 1. The summed E-state index contributed by atoms with van der Waals surface area (Å²) in [5.74, 6) is 0.166. The predicted molar refractivity (Wildman–Crippen MR) is 69.6 cm³/mol. The fraction of sp³-hybridized carbons (Fsp3) is 0.0833. The molecular weight excluding hydrogens is 259 g/mol. The monoisotopic (exact) mass is 268 g/mol. The van der Waals surface area contributed by atoms with Gasteiger partial charge in [-0.05, 0) is 24.3 Å². The lowest BCUT2D eigenvalue weighted by Crippen LogP contribution is -1.96. The van der Waals surface area contributed by atoms with Crippen LogP contribution in [0.4, 0.5) is 10.1 Å². The average molecular weight is 269 g/mol. The van der Waals surface area contributed by atoms with Gasteiger partial charge in [0.15, 0.2) is 0 Å². The molecule has 0 aliphatic rings. The van der Waals surface area contributed by atoms with E-state index in [4.69, 9.17) is 17.3 Å².